The minimum absolute atomic E-state index is 0.159. The fraction of sp³-hybridized carbons (Fsp3) is 0.500. The van der Waals surface area contributed by atoms with Gasteiger partial charge in [0.25, 0.3) is 5.91 Å². The van der Waals surface area contributed by atoms with Gasteiger partial charge in [-0.15, -0.1) is 0 Å². The molecule has 1 N–H and O–H groups in total. The van der Waals surface area contributed by atoms with Crippen LogP contribution in [0, 0.1) is 0 Å². The molecule has 7 heteroatoms. The second-order valence-corrected chi connectivity index (χ2v) is 6.39. The van der Waals surface area contributed by atoms with Crippen LogP contribution < -0.4 is 0 Å². The molecule has 124 valence electrons. The van der Waals surface area contributed by atoms with Crippen molar-refractivity contribution >= 4 is 5.91 Å². The zero-order valence-corrected chi connectivity index (χ0v) is 13.4. The molecule has 0 bridgehead atoms. The molecule has 0 saturated carbocycles. The van der Waals surface area contributed by atoms with Crippen molar-refractivity contribution in [2.45, 2.75) is 19.4 Å². The maximum absolute atomic E-state index is 12.7. The van der Waals surface area contributed by atoms with Gasteiger partial charge in [0.1, 0.15) is 0 Å². The van der Waals surface area contributed by atoms with Crippen LogP contribution in [0.1, 0.15) is 24.3 Å². The molecule has 0 unspecified atom stereocenters. The Kier molecular flexibility index (Phi) is 4.23. The zero-order valence-electron chi connectivity index (χ0n) is 13.4. The summed E-state index contributed by atoms with van der Waals surface area (Å²) in [4.78, 5) is 20.6. The van der Waals surface area contributed by atoms with E-state index in [1.807, 2.05) is 0 Å². The number of rotatable bonds is 4. The molecule has 3 heterocycles. The summed E-state index contributed by atoms with van der Waals surface area (Å²) < 4.78 is 10.6. The van der Waals surface area contributed by atoms with Crippen LogP contribution in [0.4, 0.5) is 0 Å². The van der Waals surface area contributed by atoms with Crippen LogP contribution >= 0.6 is 0 Å². The molecule has 1 saturated heterocycles. The number of piperazine rings is 1. The number of hydrogen-bond donors (Lipinski definition) is 1. The molecule has 1 aliphatic rings. The van der Waals surface area contributed by atoms with Crippen molar-refractivity contribution in [3.8, 4) is 11.5 Å². The molecule has 1 aliphatic heterocycles. The summed E-state index contributed by atoms with van der Waals surface area (Å²) in [7, 11) is 0. The molecule has 1 fully saturated rings. The fourth-order valence-electron chi connectivity index (χ4n) is 2.79. The Hall–Kier alpha value is -2.12. The number of oxazole rings is 1. The highest BCUT2D eigenvalue weighted by molar-refractivity contribution is 5.97. The lowest BCUT2D eigenvalue weighted by Gasteiger charge is -2.37. The quantitative estimate of drug-likeness (QED) is 0.919. The van der Waals surface area contributed by atoms with Gasteiger partial charge < -0.3 is 18.8 Å². The molecule has 23 heavy (non-hydrogen) atoms. The lowest BCUT2D eigenvalue weighted by Crippen LogP contribution is -2.52. The second kappa shape index (κ2) is 6.17. The van der Waals surface area contributed by atoms with E-state index in [0.29, 0.717) is 31.2 Å². The SMILES string of the molecule is CC(C)(O)CN1CCN(C(=O)c2ncoc2-c2ccco2)CC1. The average Bonchev–Trinajstić information content (AvgIpc) is 3.16. The third kappa shape index (κ3) is 3.62. The lowest BCUT2D eigenvalue weighted by molar-refractivity contribution is 0.0177. The molecule has 0 aromatic carbocycles. The second-order valence-electron chi connectivity index (χ2n) is 6.39. The topological polar surface area (TPSA) is 83.0 Å². The van der Waals surface area contributed by atoms with Gasteiger partial charge in [0, 0.05) is 32.7 Å². The van der Waals surface area contributed by atoms with E-state index in [1.165, 1.54) is 12.7 Å². The van der Waals surface area contributed by atoms with Crippen molar-refractivity contribution in [3.05, 3.63) is 30.5 Å². The fourth-order valence-corrected chi connectivity index (χ4v) is 2.79. The van der Waals surface area contributed by atoms with Crippen molar-refractivity contribution < 1.29 is 18.7 Å². The summed E-state index contributed by atoms with van der Waals surface area (Å²) >= 11 is 0. The van der Waals surface area contributed by atoms with Crippen LogP contribution in [-0.2, 0) is 0 Å². The zero-order chi connectivity index (χ0) is 16.4. The van der Waals surface area contributed by atoms with Crippen LogP contribution in [0.25, 0.3) is 11.5 Å². The molecular formula is C16H21N3O4. The molecule has 0 aliphatic carbocycles. The highest BCUT2D eigenvalue weighted by atomic mass is 16.4. The van der Waals surface area contributed by atoms with Crippen LogP contribution in [-0.4, -0.2) is 64.1 Å². The van der Waals surface area contributed by atoms with E-state index < -0.39 is 5.60 Å². The number of aliphatic hydroxyl groups is 1. The summed E-state index contributed by atoms with van der Waals surface area (Å²) in [6.45, 7) is 6.81. The largest absolute Gasteiger partial charge is 0.461 e. The van der Waals surface area contributed by atoms with Crippen molar-refractivity contribution in [3.63, 3.8) is 0 Å². The van der Waals surface area contributed by atoms with Crippen molar-refractivity contribution in [1.29, 1.82) is 0 Å². The van der Waals surface area contributed by atoms with Crippen LogP contribution in [0.15, 0.2) is 33.6 Å². The minimum atomic E-state index is -0.731. The summed E-state index contributed by atoms with van der Waals surface area (Å²) in [5, 5.41) is 9.88. The predicted molar refractivity (Wildman–Crippen MR) is 82.8 cm³/mol. The molecule has 2 aromatic heterocycles. The summed E-state index contributed by atoms with van der Waals surface area (Å²) in [6, 6.07) is 3.47. The van der Waals surface area contributed by atoms with Gasteiger partial charge in [-0.05, 0) is 26.0 Å². The third-order valence-corrected chi connectivity index (χ3v) is 3.79. The summed E-state index contributed by atoms with van der Waals surface area (Å²) in [6.07, 6.45) is 2.79. The molecule has 0 radical (unpaired) electrons. The van der Waals surface area contributed by atoms with E-state index in [9.17, 15) is 9.90 Å². The van der Waals surface area contributed by atoms with E-state index in [4.69, 9.17) is 8.83 Å². The van der Waals surface area contributed by atoms with E-state index in [-0.39, 0.29) is 11.6 Å². The molecular weight excluding hydrogens is 298 g/mol. The Labute approximate surface area is 134 Å². The monoisotopic (exact) mass is 319 g/mol. The maximum Gasteiger partial charge on any atom is 0.276 e. The third-order valence-electron chi connectivity index (χ3n) is 3.79. The van der Waals surface area contributed by atoms with Gasteiger partial charge in [-0.2, -0.15) is 0 Å². The number of amides is 1. The highest BCUT2D eigenvalue weighted by Crippen LogP contribution is 2.24. The number of furan rings is 1. The number of carbonyl (C=O) groups excluding carboxylic acids is 1. The molecule has 3 rings (SSSR count). The first-order chi connectivity index (χ1) is 10.9. The lowest BCUT2D eigenvalue weighted by atomic mass is 10.1. The number of nitrogens with zero attached hydrogens (tertiary/aromatic N) is 3. The standard InChI is InChI=1S/C16H21N3O4/c1-16(2,21)10-18-5-7-19(8-6-18)15(20)13-14(23-11-17-13)12-4-3-9-22-12/h3-4,9,11,21H,5-8,10H2,1-2H3. The number of aromatic nitrogens is 1. The summed E-state index contributed by atoms with van der Waals surface area (Å²) in [5.74, 6) is 0.693. The first-order valence-electron chi connectivity index (χ1n) is 7.65. The average molecular weight is 319 g/mol. The Balaban J connectivity index is 1.66. The van der Waals surface area contributed by atoms with Crippen molar-refractivity contribution in [2.24, 2.45) is 0 Å². The van der Waals surface area contributed by atoms with E-state index in [1.54, 1.807) is 30.9 Å². The Morgan fingerprint density at radius 1 is 1.30 bits per heavy atom. The van der Waals surface area contributed by atoms with Gasteiger partial charge in [0.2, 0.25) is 5.76 Å². The van der Waals surface area contributed by atoms with Crippen LogP contribution in [0.5, 0.6) is 0 Å². The smallest absolute Gasteiger partial charge is 0.276 e. The molecule has 0 spiro atoms. The van der Waals surface area contributed by atoms with Gasteiger partial charge in [-0.1, -0.05) is 0 Å². The molecule has 0 atom stereocenters. The predicted octanol–water partition coefficient (Wildman–Crippen LogP) is 1.46. The molecule has 1 amide bonds. The van der Waals surface area contributed by atoms with Crippen LogP contribution in [0.2, 0.25) is 0 Å². The first kappa shape index (κ1) is 15.8. The number of carbonyl (C=O) groups is 1. The Morgan fingerprint density at radius 2 is 2.04 bits per heavy atom. The Bertz CT molecular complexity index is 649. The first-order valence-corrected chi connectivity index (χ1v) is 7.65. The van der Waals surface area contributed by atoms with Gasteiger partial charge in [-0.3, -0.25) is 9.69 Å². The van der Waals surface area contributed by atoms with E-state index in [2.05, 4.69) is 9.88 Å². The normalized spacial score (nSPS) is 16.7. The maximum atomic E-state index is 12.7. The minimum Gasteiger partial charge on any atom is -0.461 e. The Morgan fingerprint density at radius 3 is 2.65 bits per heavy atom. The van der Waals surface area contributed by atoms with Gasteiger partial charge in [0.05, 0.1) is 11.9 Å². The number of hydrogen-bond acceptors (Lipinski definition) is 6. The number of β-amino-alcohol motifs (C(OH)–C–C–N with tert-alkyl or cyclic N) is 1. The van der Waals surface area contributed by atoms with E-state index >= 15 is 0 Å². The van der Waals surface area contributed by atoms with Gasteiger partial charge in [-0.25, -0.2) is 4.98 Å². The van der Waals surface area contributed by atoms with Crippen molar-refractivity contribution in [1.82, 2.24) is 14.8 Å². The molecule has 7 nitrogen and oxygen atoms in total. The van der Waals surface area contributed by atoms with Crippen molar-refractivity contribution in [2.75, 3.05) is 32.7 Å². The highest BCUT2D eigenvalue weighted by Gasteiger charge is 2.29. The summed E-state index contributed by atoms with van der Waals surface area (Å²) in [5.41, 5.74) is -0.457. The van der Waals surface area contributed by atoms with E-state index in [0.717, 1.165) is 13.1 Å². The van der Waals surface area contributed by atoms with Crippen LogP contribution in [0.3, 0.4) is 0 Å². The van der Waals surface area contributed by atoms with Gasteiger partial charge >= 0.3 is 0 Å². The molecule has 2 aromatic rings. The van der Waals surface area contributed by atoms with Gasteiger partial charge in [0.15, 0.2) is 17.8 Å².